The molecule has 2 aromatic rings. The van der Waals surface area contributed by atoms with Gasteiger partial charge < -0.3 is 5.32 Å². The average Bonchev–Trinajstić information content (AvgIpc) is 2.86. The number of amides is 1. The van der Waals surface area contributed by atoms with Crippen molar-refractivity contribution >= 4 is 11.7 Å². The first kappa shape index (κ1) is 17.5. The minimum absolute atomic E-state index is 0.0281. The Morgan fingerprint density at radius 1 is 1.20 bits per heavy atom. The minimum atomic E-state index is -0.0281. The van der Waals surface area contributed by atoms with E-state index in [2.05, 4.69) is 32.2 Å². The molecule has 1 fully saturated rings. The molecule has 134 valence electrons. The lowest BCUT2D eigenvalue weighted by molar-refractivity contribution is -0.117. The molecule has 0 radical (unpaired) electrons. The Labute approximate surface area is 148 Å². The van der Waals surface area contributed by atoms with Crippen molar-refractivity contribution in [2.75, 3.05) is 25.0 Å². The van der Waals surface area contributed by atoms with Crippen LogP contribution < -0.4 is 5.32 Å². The molecule has 1 aliphatic rings. The zero-order valence-corrected chi connectivity index (χ0v) is 15.4. The quantitative estimate of drug-likeness (QED) is 0.922. The number of carbonyl (C=O) groups excluding carboxylic acids is 1. The predicted molar refractivity (Wildman–Crippen MR) is 96.8 cm³/mol. The number of piperidine rings is 1. The highest BCUT2D eigenvalue weighted by Crippen LogP contribution is 2.17. The van der Waals surface area contributed by atoms with Crippen LogP contribution in [0.3, 0.4) is 0 Å². The summed E-state index contributed by atoms with van der Waals surface area (Å²) in [5.74, 6) is 1.71. The van der Waals surface area contributed by atoms with Gasteiger partial charge in [0.05, 0.1) is 12.2 Å². The van der Waals surface area contributed by atoms with Crippen LogP contribution in [0.5, 0.6) is 0 Å². The second kappa shape index (κ2) is 7.31. The van der Waals surface area contributed by atoms with Crippen LogP contribution in [0.4, 0.5) is 5.82 Å². The summed E-state index contributed by atoms with van der Waals surface area (Å²) in [5, 5.41) is 7.41. The molecule has 1 N–H and O–H groups in total. The van der Waals surface area contributed by atoms with Gasteiger partial charge in [-0.2, -0.15) is 9.78 Å². The SMILES string of the molecule is Cc1cc(C)nc(-n2nc(C)cc2NC(=O)CN2CCC[C@@H](C)C2)n1. The van der Waals surface area contributed by atoms with Gasteiger partial charge in [0, 0.05) is 24.0 Å². The molecule has 0 aliphatic carbocycles. The number of anilines is 1. The number of nitrogens with zero attached hydrogens (tertiary/aromatic N) is 5. The van der Waals surface area contributed by atoms with Crippen LogP contribution in [-0.2, 0) is 4.79 Å². The average molecular weight is 342 g/mol. The lowest BCUT2D eigenvalue weighted by Crippen LogP contribution is -2.40. The van der Waals surface area contributed by atoms with Crippen LogP contribution >= 0.6 is 0 Å². The lowest BCUT2D eigenvalue weighted by Gasteiger charge is -2.30. The van der Waals surface area contributed by atoms with Gasteiger partial charge in [0.25, 0.3) is 5.95 Å². The summed E-state index contributed by atoms with van der Waals surface area (Å²) in [5.41, 5.74) is 2.55. The molecule has 7 heteroatoms. The molecular weight excluding hydrogens is 316 g/mol. The van der Waals surface area contributed by atoms with Gasteiger partial charge in [-0.05, 0) is 52.1 Å². The molecule has 0 spiro atoms. The van der Waals surface area contributed by atoms with Crippen LogP contribution in [0.25, 0.3) is 5.95 Å². The van der Waals surface area contributed by atoms with E-state index in [0.717, 1.165) is 36.6 Å². The van der Waals surface area contributed by atoms with Crippen LogP contribution in [-0.4, -0.2) is 50.2 Å². The topological polar surface area (TPSA) is 75.9 Å². The third kappa shape index (κ3) is 4.42. The highest BCUT2D eigenvalue weighted by Gasteiger charge is 2.20. The van der Waals surface area contributed by atoms with Crippen molar-refractivity contribution < 1.29 is 4.79 Å². The number of hydrogen-bond donors (Lipinski definition) is 1. The minimum Gasteiger partial charge on any atom is -0.309 e. The maximum Gasteiger partial charge on any atom is 0.252 e. The molecule has 7 nitrogen and oxygen atoms in total. The van der Waals surface area contributed by atoms with Crippen molar-refractivity contribution in [1.29, 1.82) is 0 Å². The lowest BCUT2D eigenvalue weighted by atomic mass is 10.0. The van der Waals surface area contributed by atoms with E-state index in [1.165, 1.54) is 6.42 Å². The Kier molecular flexibility index (Phi) is 5.13. The first-order valence-corrected chi connectivity index (χ1v) is 8.82. The first-order chi connectivity index (χ1) is 11.9. The molecule has 2 aromatic heterocycles. The van der Waals surface area contributed by atoms with Crippen LogP contribution in [0, 0.1) is 26.7 Å². The van der Waals surface area contributed by atoms with Crippen molar-refractivity contribution in [1.82, 2.24) is 24.6 Å². The normalized spacial score (nSPS) is 18.3. The Morgan fingerprint density at radius 2 is 1.92 bits per heavy atom. The highest BCUT2D eigenvalue weighted by atomic mass is 16.2. The number of aromatic nitrogens is 4. The summed E-state index contributed by atoms with van der Waals surface area (Å²) in [6, 6.07) is 3.76. The van der Waals surface area contributed by atoms with Gasteiger partial charge in [0.1, 0.15) is 5.82 Å². The van der Waals surface area contributed by atoms with Crippen molar-refractivity contribution in [2.24, 2.45) is 5.92 Å². The number of rotatable bonds is 4. The number of nitrogens with one attached hydrogen (secondary N) is 1. The van der Waals surface area contributed by atoms with Gasteiger partial charge in [0.15, 0.2) is 0 Å². The maximum atomic E-state index is 12.5. The van der Waals surface area contributed by atoms with E-state index in [1.807, 2.05) is 32.9 Å². The van der Waals surface area contributed by atoms with E-state index >= 15 is 0 Å². The monoisotopic (exact) mass is 342 g/mol. The standard InChI is InChI=1S/C18H26N6O/c1-12-6-5-7-23(10-12)11-17(25)21-16-9-15(4)22-24(16)18-19-13(2)8-14(3)20-18/h8-9,12H,5-7,10-11H2,1-4H3,(H,21,25)/t12-/m1/s1. The highest BCUT2D eigenvalue weighted by molar-refractivity contribution is 5.91. The van der Waals surface area contributed by atoms with Crippen molar-refractivity contribution in [3.8, 4) is 5.95 Å². The number of hydrogen-bond acceptors (Lipinski definition) is 5. The summed E-state index contributed by atoms with van der Waals surface area (Å²) in [6.45, 7) is 10.3. The fraction of sp³-hybridized carbons (Fsp3) is 0.556. The molecule has 1 amide bonds. The number of likely N-dealkylation sites (tertiary alicyclic amines) is 1. The molecule has 1 saturated heterocycles. The summed E-state index contributed by atoms with van der Waals surface area (Å²) in [6.07, 6.45) is 2.40. The van der Waals surface area contributed by atoms with Gasteiger partial charge in [0.2, 0.25) is 5.91 Å². The predicted octanol–water partition coefficient (Wildman–Crippen LogP) is 2.26. The molecule has 1 aliphatic heterocycles. The molecule has 0 bridgehead atoms. The van der Waals surface area contributed by atoms with Gasteiger partial charge in [-0.3, -0.25) is 9.69 Å². The largest absolute Gasteiger partial charge is 0.309 e. The molecule has 3 rings (SSSR count). The molecule has 0 aromatic carbocycles. The van der Waals surface area contributed by atoms with Gasteiger partial charge >= 0.3 is 0 Å². The Hall–Kier alpha value is -2.28. The third-order valence-electron chi connectivity index (χ3n) is 4.37. The van der Waals surface area contributed by atoms with E-state index in [9.17, 15) is 4.79 Å². The Bertz CT molecular complexity index is 749. The van der Waals surface area contributed by atoms with Crippen LogP contribution in [0.1, 0.15) is 36.8 Å². The summed E-state index contributed by atoms with van der Waals surface area (Å²) in [7, 11) is 0. The second-order valence-corrected chi connectivity index (χ2v) is 7.06. The van der Waals surface area contributed by atoms with E-state index in [4.69, 9.17) is 0 Å². The third-order valence-corrected chi connectivity index (χ3v) is 4.37. The Morgan fingerprint density at radius 3 is 2.60 bits per heavy atom. The maximum absolute atomic E-state index is 12.5. The Balaban J connectivity index is 1.75. The molecule has 0 saturated carbocycles. The zero-order chi connectivity index (χ0) is 18.0. The summed E-state index contributed by atoms with van der Waals surface area (Å²) >= 11 is 0. The molecule has 3 heterocycles. The van der Waals surface area contributed by atoms with E-state index < -0.39 is 0 Å². The molecule has 0 unspecified atom stereocenters. The van der Waals surface area contributed by atoms with Crippen molar-refractivity contribution in [2.45, 2.75) is 40.5 Å². The van der Waals surface area contributed by atoms with Crippen molar-refractivity contribution in [3.63, 3.8) is 0 Å². The fourth-order valence-electron chi connectivity index (χ4n) is 3.36. The molecular formula is C18H26N6O. The van der Waals surface area contributed by atoms with E-state index in [-0.39, 0.29) is 5.91 Å². The van der Waals surface area contributed by atoms with Crippen molar-refractivity contribution in [3.05, 3.63) is 29.2 Å². The zero-order valence-electron chi connectivity index (χ0n) is 15.4. The smallest absolute Gasteiger partial charge is 0.252 e. The fourth-order valence-corrected chi connectivity index (χ4v) is 3.36. The molecule has 25 heavy (non-hydrogen) atoms. The molecule has 1 atom stereocenters. The van der Waals surface area contributed by atoms with E-state index in [1.54, 1.807) is 4.68 Å². The van der Waals surface area contributed by atoms with Gasteiger partial charge in [-0.25, -0.2) is 9.97 Å². The number of carbonyl (C=O) groups is 1. The summed E-state index contributed by atoms with van der Waals surface area (Å²) < 4.78 is 1.60. The van der Waals surface area contributed by atoms with E-state index in [0.29, 0.717) is 24.2 Å². The van der Waals surface area contributed by atoms with Gasteiger partial charge in [-0.15, -0.1) is 0 Å². The van der Waals surface area contributed by atoms with Crippen LogP contribution in [0.2, 0.25) is 0 Å². The number of aryl methyl sites for hydroxylation is 3. The second-order valence-electron chi connectivity index (χ2n) is 7.06. The summed E-state index contributed by atoms with van der Waals surface area (Å²) in [4.78, 5) is 23.6. The van der Waals surface area contributed by atoms with Gasteiger partial charge in [-0.1, -0.05) is 6.92 Å². The van der Waals surface area contributed by atoms with Crippen LogP contribution in [0.15, 0.2) is 12.1 Å². The first-order valence-electron chi connectivity index (χ1n) is 8.82.